The molecule has 0 spiro atoms. The van der Waals surface area contributed by atoms with Gasteiger partial charge in [-0.15, -0.1) is 0 Å². The van der Waals surface area contributed by atoms with E-state index in [1.54, 1.807) is 27.7 Å². The molecule has 0 saturated carbocycles. The Morgan fingerprint density at radius 3 is 1.36 bits per heavy atom. The van der Waals surface area contributed by atoms with Crippen molar-refractivity contribution >= 4 is 59.3 Å². The lowest BCUT2D eigenvalue weighted by Crippen LogP contribution is -2.61. The third kappa shape index (κ3) is 19.5. The van der Waals surface area contributed by atoms with Gasteiger partial charge in [0.1, 0.15) is 36.3 Å². The second-order valence-corrected chi connectivity index (χ2v) is 14.1. The number of nitrogens with one attached hydrogen (secondary N) is 6. The number of aliphatic hydroxyl groups is 1. The molecule has 0 aliphatic heterocycles. The molecule has 0 radical (unpaired) electrons. The zero-order chi connectivity index (χ0) is 42.7. The van der Waals surface area contributed by atoms with Crippen molar-refractivity contribution in [1.82, 2.24) is 31.9 Å². The molecular formula is C33H55N7O15. The van der Waals surface area contributed by atoms with Crippen LogP contribution in [0.15, 0.2) is 0 Å². The number of nitrogens with two attached hydrogens (primary N) is 1. The molecule has 0 rings (SSSR count). The zero-order valence-corrected chi connectivity index (χ0v) is 31.6. The molecule has 0 unspecified atom stereocenters. The van der Waals surface area contributed by atoms with Gasteiger partial charge in [0.25, 0.3) is 0 Å². The Hall–Kier alpha value is -5.38. The van der Waals surface area contributed by atoms with E-state index in [-0.39, 0.29) is 18.3 Å². The minimum Gasteiger partial charge on any atom is -0.481 e. The lowest BCUT2D eigenvalue weighted by molar-refractivity contribution is -0.147. The first-order valence-electron chi connectivity index (χ1n) is 17.5. The number of amides is 6. The highest BCUT2D eigenvalue weighted by Crippen LogP contribution is 2.10. The zero-order valence-electron chi connectivity index (χ0n) is 31.6. The van der Waals surface area contributed by atoms with Crippen LogP contribution < -0.4 is 37.6 Å². The number of carbonyl (C=O) groups is 10. The van der Waals surface area contributed by atoms with E-state index in [0.717, 1.165) is 0 Å². The summed E-state index contributed by atoms with van der Waals surface area (Å²) < 4.78 is 0. The van der Waals surface area contributed by atoms with Crippen LogP contribution in [0.25, 0.3) is 0 Å². The van der Waals surface area contributed by atoms with Crippen molar-refractivity contribution in [2.75, 3.05) is 6.61 Å². The van der Waals surface area contributed by atoms with Crippen LogP contribution in [0.2, 0.25) is 0 Å². The molecule has 312 valence electrons. The van der Waals surface area contributed by atoms with E-state index >= 15 is 0 Å². The molecule has 0 aromatic carbocycles. The van der Waals surface area contributed by atoms with E-state index in [4.69, 9.17) is 15.9 Å². The first kappa shape index (κ1) is 49.6. The first-order valence-corrected chi connectivity index (χ1v) is 17.5. The number of hydrogen-bond donors (Lipinski definition) is 12. The summed E-state index contributed by atoms with van der Waals surface area (Å²) in [6, 6.07) is -11.1. The number of carboxylic acids is 4. The molecule has 0 aromatic rings. The fourth-order valence-corrected chi connectivity index (χ4v) is 4.95. The van der Waals surface area contributed by atoms with Gasteiger partial charge in [-0.3, -0.25) is 43.2 Å². The molecule has 0 aliphatic rings. The second-order valence-electron chi connectivity index (χ2n) is 14.1. The summed E-state index contributed by atoms with van der Waals surface area (Å²) >= 11 is 0. The quantitative estimate of drug-likeness (QED) is 0.0412. The van der Waals surface area contributed by atoms with Gasteiger partial charge in [-0.25, -0.2) is 4.79 Å². The van der Waals surface area contributed by atoms with E-state index in [1.165, 1.54) is 0 Å². The predicted octanol–water partition coefficient (Wildman–Crippen LogP) is -3.14. The van der Waals surface area contributed by atoms with Crippen LogP contribution in [0.4, 0.5) is 0 Å². The van der Waals surface area contributed by atoms with E-state index in [2.05, 4.69) is 26.6 Å². The fraction of sp³-hybridized carbons (Fsp3) is 0.697. The van der Waals surface area contributed by atoms with Crippen LogP contribution in [0, 0.1) is 17.8 Å². The van der Waals surface area contributed by atoms with E-state index in [0.29, 0.717) is 6.42 Å². The molecule has 13 N–H and O–H groups in total. The van der Waals surface area contributed by atoms with E-state index < -0.39 is 140 Å². The minimum atomic E-state index is -1.95. The van der Waals surface area contributed by atoms with Crippen molar-refractivity contribution in [2.24, 2.45) is 23.5 Å². The maximum atomic E-state index is 13.4. The molecule has 0 aliphatic carbocycles. The predicted molar refractivity (Wildman–Crippen MR) is 189 cm³/mol. The van der Waals surface area contributed by atoms with Crippen molar-refractivity contribution in [1.29, 1.82) is 0 Å². The summed E-state index contributed by atoms with van der Waals surface area (Å²) in [5, 5.41) is 60.1. The second kappa shape index (κ2) is 24.1. The number of carbonyl (C=O) groups excluding carboxylic acids is 6. The fourth-order valence-electron chi connectivity index (χ4n) is 4.95. The van der Waals surface area contributed by atoms with Gasteiger partial charge in [0.05, 0.1) is 25.5 Å². The van der Waals surface area contributed by atoms with Gasteiger partial charge in [0, 0.05) is 6.42 Å². The molecule has 7 atom stereocenters. The molecule has 0 aromatic heterocycles. The number of rotatable bonds is 26. The summed E-state index contributed by atoms with van der Waals surface area (Å²) in [4.78, 5) is 124. The molecule has 55 heavy (non-hydrogen) atoms. The van der Waals surface area contributed by atoms with Gasteiger partial charge in [-0.2, -0.15) is 0 Å². The SMILES string of the molecule is CC(C)C[C@H](NC(=O)[C@H](CC(=O)O)NC(=O)[C@H](CO)NC(=O)[C@@H](NC(=O)[C@@H](N)CC(C)C)C(C)C)C(=O)N[C@@H](CCC(=O)O)C(=O)N[C@@H](CC(=O)O)C(=O)O. The molecule has 0 heterocycles. The Morgan fingerprint density at radius 1 is 0.491 bits per heavy atom. The summed E-state index contributed by atoms with van der Waals surface area (Å²) in [5.41, 5.74) is 5.91. The summed E-state index contributed by atoms with van der Waals surface area (Å²) in [6.45, 7) is 9.10. The van der Waals surface area contributed by atoms with Crippen LogP contribution in [0.1, 0.15) is 80.1 Å². The lowest BCUT2D eigenvalue weighted by Gasteiger charge is -2.28. The normalized spacial score (nSPS) is 15.0. The number of carboxylic acid groups (broad SMARTS) is 4. The largest absolute Gasteiger partial charge is 0.481 e. The molecule has 0 saturated heterocycles. The van der Waals surface area contributed by atoms with Crippen LogP contribution in [-0.2, 0) is 47.9 Å². The van der Waals surface area contributed by atoms with Crippen molar-refractivity contribution in [2.45, 2.75) is 122 Å². The maximum absolute atomic E-state index is 13.4. The molecular weight excluding hydrogens is 734 g/mol. The van der Waals surface area contributed by atoms with Gasteiger partial charge in [-0.1, -0.05) is 41.5 Å². The maximum Gasteiger partial charge on any atom is 0.326 e. The highest BCUT2D eigenvalue weighted by atomic mass is 16.4. The molecule has 22 heteroatoms. The topological polar surface area (TPSA) is 370 Å². The summed E-state index contributed by atoms with van der Waals surface area (Å²) in [6.07, 6.45) is -3.24. The van der Waals surface area contributed by atoms with Crippen LogP contribution in [0.5, 0.6) is 0 Å². The summed E-state index contributed by atoms with van der Waals surface area (Å²) in [7, 11) is 0. The van der Waals surface area contributed by atoms with Crippen molar-refractivity contribution in [3.05, 3.63) is 0 Å². The van der Waals surface area contributed by atoms with Crippen LogP contribution in [-0.4, -0.2) is 134 Å². The number of aliphatic hydroxyl groups excluding tert-OH is 1. The van der Waals surface area contributed by atoms with Gasteiger partial charge >= 0.3 is 23.9 Å². The standard InChI is InChI=1S/C33H55N7O15/c1-14(2)9-17(34)27(48)40-26(16(5)6)32(53)39-22(13-41)31(52)37-20(11-24(44)45)30(51)36-19(10-15(3)4)29(50)35-18(7-8-23(42)43)28(49)38-21(33(54)55)12-25(46)47/h14-22,26,41H,7-13,34H2,1-6H3,(H,35,50)(H,36,51)(H,37,52)(H,38,49)(H,39,53)(H,40,48)(H,42,43)(H,44,45)(H,46,47)(H,54,55)/t17-,18-,19-,20-,21-,22-,26-/m0/s1. The first-order chi connectivity index (χ1) is 25.4. The van der Waals surface area contributed by atoms with Crippen LogP contribution in [0.3, 0.4) is 0 Å². The van der Waals surface area contributed by atoms with Crippen LogP contribution >= 0.6 is 0 Å². The third-order valence-electron chi connectivity index (χ3n) is 7.75. The lowest BCUT2D eigenvalue weighted by atomic mass is 10.00. The summed E-state index contributed by atoms with van der Waals surface area (Å²) in [5.74, 6) is -13.5. The number of hydrogen-bond acceptors (Lipinski definition) is 12. The van der Waals surface area contributed by atoms with Gasteiger partial charge in [0.15, 0.2) is 0 Å². The molecule has 0 fully saturated rings. The molecule has 0 bridgehead atoms. The molecule has 6 amide bonds. The average molecular weight is 790 g/mol. The monoisotopic (exact) mass is 789 g/mol. The highest BCUT2D eigenvalue weighted by Gasteiger charge is 2.35. The Kier molecular flexibility index (Phi) is 21.8. The third-order valence-corrected chi connectivity index (χ3v) is 7.75. The minimum absolute atomic E-state index is 0.0678. The van der Waals surface area contributed by atoms with Crippen molar-refractivity contribution in [3.8, 4) is 0 Å². The Labute approximate surface area is 317 Å². The number of aliphatic carboxylic acids is 4. The average Bonchev–Trinajstić information content (AvgIpc) is 3.05. The van der Waals surface area contributed by atoms with Crippen molar-refractivity contribution < 1.29 is 73.5 Å². The van der Waals surface area contributed by atoms with Gasteiger partial charge in [-0.05, 0) is 37.0 Å². The van der Waals surface area contributed by atoms with Gasteiger partial charge in [0.2, 0.25) is 35.4 Å². The Balaban J connectivity index is 6.18. The Bertz CT molecular complexity index is 1400. The van der Waals surface area contributed by atoms with Gasteiger partial charge < -0.3 is 63.2 Å². The smallest absolute Gasteiger partial charge is 0.326 e. The van der Waals surface area contributed by atoms with Crippen molar-refractivity contribution in [3.63, 3.8) is 0 Å². The van der Waals surface area contributed by atoms with E-state index in [1.807, 2.05) is 19.2 Å². The van der Waals surface area contributed by atoms with E-state index in [9.17, 15) is 63.3 Å². The Morgan fingerprint density at radius 2 is 0.909 bits per heavy atom. The highest BCUT2D eigenvalue weighted by molar-refractivity contribution is 5.98. The molecule has 22 nitrogen and oxygen atoms in total.